The molecule has 0 saturated carbocycles. The summed E-state index contributed by atoms with van der Waals surface area (Å²) in [5.74, 6) is 1.09. The minimum atomic E-state index is 0.213. The van der Waals surface area contributed by atoms with E-state index in [-0.39, 0.29) is 12.3 Å². The van der Waals surface area contributed by atoms with Gasteiger partial charge in [-0.2, -0.15) is 0 Å². The molecule has 3 aromatic rings. The predicted molar refractivity (Wildman–Crippen MR) is 86.3 cm³/mol. The van der Waals surface area contributed by atoms with E-state index in [1.165, 1.54) is 6.26 Å². The highest BCUT2D eigenvalue weighted by atomic mass is 16.3. The van der Waals surface area contributed by atoms with E-state index in [2.05, 4.69) is 20.2 Å². The summed E-state index contributed by atoms with van der Waals surface area (Å²) in [6.45, 7) is 6.11. The summed E-state index contributed by atoms with van der Waals surface area (Å²) in [6, 6.07) is 1.88. The highest BCUT2D eigenvalue weighted by Gasteiger charge is 2.17. The molecule has 3 aromatic heterocycles. The zero-order valence-electron chi connectivity index (χ0n) is 13.8. The minimum absolute atomic E-state index is 0.213. The number of aryl methyl sites for hydroxylation is 1. The van der Waals surface area contributed by atoms with Gasteiger partial charge in [0.15, 0.2) is 5.69 Å². The summed E-state index contributed by atoms with van der Waals surface area (Å²) >= 11 is 0. The van der Waals surface area contributed by atoms with Crippen LogP contribution in [0.2, 0.25) is 0 Å². The average Bonchev–Trinajstić information content (AvgIpc) is 3.24. The Hall–Kier alpha value is -2.83. The maximum atomic E-state index is 10.6. The Bertz CT molecular complexity index is 851. The summed E-state index contributed by atoms with van der Waals surface area (Å²) in [7, 11) is 0. The number of hydrogen-bond acceptors (Lipinski definition) is 7. The maximum Gasteiger partial charge on any atom is 0.247 e. The molecule has 0 bridgehead atoms. The van der Waals surface area contributed by atoms with Crippen molar-refractivity contribution >= 4 is 6.29 Å². The van der Waals surface area contributed by atoms with Crippen molar-refractivity contribution in [2.45, 2.75) is 39.5 Å². The third-order valence-corrected chi connectivity index (χ3v) is 3.63. The van der Waals surface area contributed by atoms with Crippen LogP contribution in [0.15, 0.2) is 27.4 Å². The van der Waals surface area contributed by atoms with Gasteiger partial charge in [-0.1, -0.05) is 20.8 Å². The molecule has 0 aliphatic heterocycles. The van der Waals surface area contributed by atoms with Gasteiger partial charge < -0.3 is 13.6 Å². The van der Waals surface area contributed by atoms with E-state index in [0.29, 0.717) is 28.9 Å². The first-order valence-corrected chi connectivity index (χ1v) is 7.83. The van der Waals surface area contributed by atoms with E-state index >= 15 is 0 Å². The molecule has 0 aliphatic carbocycles. The van der Waals surface area contributed by atoms with Gasteiger partial charge in [0.2, 0.25) is 11.8 Å². The number of hydrogen-bond donors (Lipinski definition) is 0. The lowest BCUT2D eigenvalue weighted by atomic mass is 10.1. The van der Waals surface area contributed by atoms with Gasteiger partial charge in [-0.15, -0.1) is 10.2 Å². The van der Waals surface area contributed by atoms with Crippen LogP contribution in [0.1, 0.15) is 43.6 Å². The molecule has 0 saturated heterocycles. The molecule has 0 fully saturated rings. The third kappa shape index (κ3) is 3.10. The van der Waals surface area contributed by atoms with E-state index in [0.717, 1.165) is 24.0 Å². The molecule has 7 nitrogen and oxygen atoms in total. The van der Waals surface area contributed by atoms with Gasteiger partial charge in [-0.05, 0) is 24.0 Å². The van der Waals surface area contributed by atoms with Crippen LogP contribution < -0.4 is 0 Å². The fourth-order valence-electron chi connectivity index (χ4n) is 2.25. The van der Waals surface area contributed by atoms with Gasteiger partial charge >= 0.3 is 0 Å². The van der Waals surface area contributed by atoms with Crippen molar-refractivity contribution in [3.63, 3.8) is 0 Å². The molecule has 0 amide bonds. The van der Waals surface area contributed by atoms with Gasteiger partial charge in [0.25, 0.3) is 0 Å². The SMILES string of the molecule is CCc1cc(-c2nc(C(C)C)co2)nnc1-c1nc(CC=O)co1. The van der Waals surface area contributed by atoms with E-state index in [4.69, 9.17) is 8.83 Å². The van der Waals surface area contributed by atoms with Crippen LogP contribution in [0.3, 0.4) is 0 Å². The second-order valence-electron chi connectivity index (χ2n) is 5.70. The number of oxazole rings is 2. The Kier molecular flexibility index (Phi) is 4.50. The Morgan fingerprint density at radius 2 is 1.92 bits per heavy atom. The van der Waals surface area contributed by atoms with Gasteiger partial charge in [0.05, 0.1) is 11.4 Å². The average molecular weight is 326 g/mol. The first-order valence-electron chi connectivity index (χ1n) is 7.83. The fraction of sp³-hybridized carbons (Fsp3) is 0.353. The zero-order valence-corrected chi connectivity index (χ0v) is 13.8. The van der Waals surface area contributed by atoms with Crippen molar-refractivity contribution in [1.29, 1.82) is 0 Å². The van der Waals surface area contributed by atoms with Crippen molar-refractivity contribution < 1.29 is 13.6 Å². The van der Waals surface area contributed by atoms with Gasteiger partial charge in [-0.3, -0.25) is 0 Å². The molecule has 0 N–H and O–H groups in total. The molecule has 0 spiro atoms. The van der Waals surface area contributed by atoms with Crippen LogP contribution in [-0.2, 0) is 17.6 Å². The van der Waals surface area contributed by atoms with Crippen molar-refractivity contribution in [3.05, 3.63) is 35.5 Å². The topological polar surface area (TPSA) is 94.9 Å². The van der Waals surface area contributed by atoms with Crippen LogP contribution in [0.4, 0.5) is 0 Å². The molecule has 0 atom stereocenters. The molecule has 0 aliphatic rings. The molecule has 124 valence electrons. The molecule has 3 heterocycles. The largest absolute Gasteiger partial charge is 0.443 e. The Morgan fingerprint density at radius 3 is 2.58 bits per heavy atom. The number of carbonyl (C=O) groups excluding carboxylic acids is 1. The van der Waals surface area contributed by atoms with Crippen LogP contribution in [0, 0.1) is 0 Å². The smallest absolute Gasteiger partial charge is 0.247 e. The van der Waals surface area contributed by atoms with E-state index in [1.807, 2.05) is 26.8 Å². The lowest BCUT2D eigenvalue weighted by Crippen LogP contribution is -1.98. The van der Waals surface area contributed by atoms with Gasteiger partial charge in [0.1, 0.15) is 24.5 Å². The Morgan fingerprint density at radius 1 is 1.12 bits per heavy atom. The summed E-state index contributed by atoms with van der Waals surface area (Å²) in [5.41, 5.74) is 3.50. The van der Waals surface area contributed by atoms with Gasteiger partial charge in [-0.25, -0.2) is 9.97 Å². The number of aldehydes is 1. The summed E-state index contributed by atoms with van der Waals surface area (Å²) in [6.07, 6.45) is 4.82. The summed E-state index contributed by atoms with van der Waals surface area (Å²) < 4.78 is 10.9. The highest BCUT2D eigenvalue weighted by Crippen LogP contribution is 2.26. The first kappa shape index (κ1) is 16.0. The molecule has 3 rings (SSSR count). The zero-order chi connectivity index (χ0) is 17.1. The first-order chi connectivity index (χ1) is 11.6. The molecule has 0 radical (unpaired) electrons. The van der Waals surface area contributed by atoms with E-state index in [9.17, 15) is 4.79 Å². The lowest BCUT2D eigenvalue weighted by Gasteiger charge is -2.03. The van der Waals surface area contributed by atoms with Crippen LogP contribution in [0.25, 0.3) is 23.2 Å². The maximum absolute atomic E-state index is 10.6. The normalized spacial score (nSPS) is 11.2. The predicted octanol–water partition coefficient (Wildman–Crippen LogP) is 3.21. The molecule has 24 heavy (non-hydrogen) atoms. The summed E-state index contributed by atoms with van der Waals surface area (Å²) in [5, 5.41) is 8.42. The second kappa shape index (κ2) is 6.74. The standard InChI is InChI=1S/C17H18N4O3/c1-4-11-7-13(16-19-14(9-24-16)10(2)3)20-21-15(11)17-18-12(5-6-22)8-23-17/h6-10H,4-5H2,1-3H3. The van der Waals surface area contributed by atoms with Crippen molar-refractivity contribution in [2.75, 3.05) is 0 Å². The monoisotopic (exact) mass is 326 g/mol. The van der Waals surface area contributed by atoms with Crippen molar-refractivity contribution in [2.24, 2.45) is 0 Å². The fourth-order valence-corrected chi connectivity index (χ4v) is 2.25. The van der Waals surface area contributed by atoms with Crippen LogP contribution in [-0.4, -0.2) is 26.5 Å². The quantitative estimate of drug-likeness (QED) is 0.642. The minimum Gasteiger partial charge on any atom is -0.443 e. The third-order valence-electron chi connectivity index (χ3n) is 3.63. The van der Waals surface area contributed by atoms with Crippen molar-refractivity contribution in [1.82, 2.24) is 20.2 Å². The van der Waals surface area contributed by atoms with E-state index < -0.39 is 0 Å². The van der Waals surface area contributed by atoms with Gasteiger partial charge in [0, 0.05) is 6.42 Å². The summed E-state index contributed by atoms with van der Waals surface area (Å²) in [4.78, 5) is 19.3. The number of aromatic nitrogens is 4. The van der Waals surface area contributed by atoms with Crippen molar-refractivity contribution in [3.8, 4) is 23.2 Å². The molecule has 0 aromatic carbocycles. The lowest BCUT2D eigenvalue weighted by molar-refractivity contribution is -0.107. The molecule has 0 unspecified atom stereocenters. The molecular weight excluding hydrogens is 308 g/mol. The number of rotatable bonds is 6. The van der Waals surface area contributed by atoms with Crippen LogP contribution in [0.5, 0.6) is 0 Å². The van der Waals surface area contributed by atoms with Crippen LogP contribution >= 0.6 is 0 Å². The number of carbonyl (C=O) groups is 1. The molecule has 7 heteroatoms. The number of nitrogens with zero attached hydrogens (tertiary/aromatic N) is 4. The highest BCUT2D eigenvalue weighted by molar-refractivity contribution is 5.59. The Labute approximate surface area is 139 Å². The molecular formula is C17H18N4O3. The van der Waals surface area contributed by atoms with E-state index in [1.54, 1.807) is 6.26 Å². The Balaban J connectivity index is 1.96. The second-order valence-corrected chi connectivity index (χ2v) is 5.70.